The molecule has 0 bridgehead atoms. The fraction of sp³-hybridized carbons (Fsp3) is 0.417. The molecule has 0 heterocycles. The largest absolute Gasteiger partial charge is 0.481 e. The summed E-state index contributed by atoms with van der Waals surface area (Å²) >= 11 is 0. The number of hydrogen-bond acceptors (Lipinski definition) is 3. The van der Waals surface area contributed by atoms with E-state index in [9.17, 15) is 4.79 Å². The summed E-state index contributed by atoms with van der Waals surface area (Å²) in [6.07, 6.45) is 2.16. The number of amides is 1. The van der Waals surface area contributed by atoms with E-state index in [1.165, 1.54) is 0 Å². The van der Waals surface area contributed by atoms with E-state index < -0.39 is 0 Å². The third-order valence-corrected chi connectivity index (χ3v) is 2.53. The molecule has 1 aliphatic carbocycles. The first-order valence-corrected chi connectivity index (χ1v) is 5.44. The molecule has 2 rings (SSSR count). The van der Waals surface area contributed by atoms with Crippen molar-refractivity contribution in [3.8, 4) is 5.75 Å². The Morgan fingerprint density at radius 3 is 2.94 bits per heavy atom. The number of aryl methyl sites for hydroxylation is 1. The maximum Gasteiger partial charge on any atom is 0.258 e. The van der Waals surface area contributed by atoms with Crippen molar-refractivity contribution in [1.29, 1.82) is 0 Å². The standard InChI is InChI=1S/C12H16N2O2/c1-8-3-2-4-10(13)12(8)16-7-11(15)14-9-5-6-9/h2-4,9H,5-7,13H2,1H3,(H,14,15). The first-order valence-electron chi connectivity index (χ1n) is 5.44. The molecule has 0 unspecified atom stereocenters. The molecule has 16 heavy (non-hydrogen) atoms. The predicted octanol–water partition coefficient (Wildman–Crippen LogP) is 1.23. The zero-order valence-corrected chi connectivity index (χ0v) is 9.32. The zero-order chi connectivity index (χ0) is 11.5. The third kappa shape index (κ3) is 2.66. The van der Waals surface area contributed by atoms with E-state index in [2.05, 4.69) is 5.32 Å². The highest BCUT2D eigenvalue weighted by molar-refractivity contribution is 5.78. The van der Waals surface area contributed by atoms with E-state index in [1.54, 1.807) is 6.07 Å². The van der Waals surface area contributed by atoms with Gasteiger partial charge in [-0.2, -0.15) is 0 Å². The number of nitrogen functional groups attached to an aromatic ring is 1. The Labute approximate surface area is 94.8 Å². The van der Waals surface area contributed by atoms with Gasteiger partial charge in [-0.25, -0.2) is 0 Å². The fourth-order valence-electron chi connectivity index (χ4n) is 1.51. The molecule has 1 aromatic rings. The molecule has 0 atom stereocenters. The summed E-state index contributed by atoms with van der Waals surface area (Å²) in [5.74, 6) is 0.526. The predicted molar refractivity (Wildman–Crippen MR) is 62.3 cm³/mol. The number of ether oxygens (including phenoxy) is 1. The summed E-state index contributed by atoms with van der Waals surface area (Å²) in [7, 11) is 0. The van der Waals surface area contributed by atoms with E-state index in [4.69, 9.17) is 10.5 Å². The van der Waals surface area contributed by atoms with Crippen LogP contribution in [0.1, 0.15) is 18.4 Å². The number of carbonyl (C=O) groups excluding carboxylic acids is 1. The van der Waals surface area contributed by atoms with Crippen molar-refractivity contribution < 1.29 is 9.53 Å². The molecule has 1 aliphatic rings. The van der Waals surface area contributed by atoms with E-state index in [0.29, 0.717) is 17.5 Å². The second-order valence-electron chi connectivity index (χ2n) is 4.12. The number of rotatable bonds is 4. The van der Waals surface area contributed by atoms with Crippen molar-refractivity contribution >= 4 is 11.6 Å². The molecule has 0 spiro atoms. The molecular weight excluding hydrogens is 204 g/mol. The number of nitrogens with two attached hydrogens (primary N) is 1. The molecule has 0 aromatic heterocycles. The topological polar surface area (TPSA) is 64.3 Å². The van der Waals surface area contributed by atoms with Gasteiger partial charge in [-0.3, -0.25) is 4.79 Å². The fourth-order valence-corrected chi connectivity index (χ4v) is 1.51. The summed E-state index contributed by atoms with van der Waals surface area (Å²) < 4.78 is 5.42. The van der Waals surface area contributed by atoms with Crippen LogP contribution in [0, 0.1) is 6.92 Å². The molecule has 1 fully saturated rings. The molecule has 1 amide bonds. The van der Waals surface area contributed by atoms with Gasteiger partial charge in [0.1, 0.15) is 5.75 Å². The third-order valence-electron chi connectivity index (χ3n) is 2.53. The van der Waals surface area contributed by atoms with Gasteiger partial charge in [-0.15, -0.1) is 0 Å². The van der Waals surface area contributed by atoms with Crippen molar-refractivity contribution in [3.63, 3.8) is 0 Å². The number of anilines is 1. The average Bonchev–Trinajstić information content (AvgIpc) is 3.01. The Hall–Kier alpha value is -1.71. The minimum absolute atomic E-state index is 0.0333. The van der Waals surface area contributed by atoms with Crippen molar-refractivity contribution in [1.82, 2.24) is 5.32 Å². The van der Waals surface area contributed by atoms with Crippen LogP contribution in [-0.2, 0) is 4.79 Å². The quantitative estimate of drug-likeness (QED) is 0.750. The summed E-state index contributed by atoms with van der Waals surface area (Å²) in [6.45, 7) is 1.94. The molecule has 0 saturated heterocycles. The van der Waals surface area contributed by atoms with Crippen LogP contribution in [0.3, 0.4) is 0 Å². The summed E-state index contributed by atoms with van der Waals surface area (Å²) in [5, 5.41) is 2.86. The molecular formula is C12H16N2O2. The first kappa shape index (κ1) is 10.8. The number of para-hydroxylation sites is 1. The molecule has 1 saturated carbocycles. The Morgan fingerprint density at radius 1 is 1.56 bits per heavy atom. The van der Waals surface area contributed by atoms with Gasteiger partial charge < -0.3 is 15.8 Å². The minimum atomic E-state index is -0.0786. The van der Waals surface area contributed by atoms with Gasteiger partial charge in [0.2, 0.25) is 0 Å². The van der Waals surface area contributed by atoms with E-state index >= 15 is 0 Å². The van der Waals surface area contributed by atoms with Crippen molar-refractivity contribution in [2.75, 3.05) is 12.3 Å². The van der Waals surface area contributed by atoms with Gasteiger partial charge in [-0.05, 0) is 31.4 Å². The normalized spacial score (nSPS) is 14.6. The molecule has 0 radical (unpaired) electrons. The molecule has 0 aliphatic heterocycles. The smallest absolute Gasteiger partial charge is 0.258 e. The number of benzene rings is 1. The highest BCUT2D eigenvalue weighted by Gasteiger charge is 2.23. The minimum Gasteiger partial charge on any atom is -0.481 e. The lowest BCUT2D eigenvalue weighted by molar-refractivity contribution is -0.123. The summed E-state index contributed by atoms with van der Waals surface area (Å²) in [4.78, 5) is 11.4. The first-order chi connectivity index (χ1) is 7.66. The Morgan fingerprint density at radius 2 is 2.31 bits per heavy atom. The van der Waals surface area contributed by atoms with Gasteiger partial charge in [0, 0.05) is 6.04 Å². The lowest BCUT2D eigenvalue weighted by Crippen LogP contribution is -2.30. The number of hydrogen-bond donors (Lipinski definition) is 2. The highest BCUT2D eigenvalue weighted by atomic mass is 16.5. The SMILES string of the molecule is Cc1cccc(N)c1OCC(=O)NC1CC1. The van der Waals surface area contributed by atoms with E-state index in [-0.39, 0.29) is 12.5 Å². The van der Waals surface area contributed by atoms with Gasteiger partial charge >= 0.3 is 0 Å². The lowest BCUT2D eigenvalue weighted by Gasteiger charge is -2.11. The summed E-state index contributed by atoms with van der Waals surface area (Å²) in [5.41, 5.74) is 7.28. The maximum atomic E-state index is 11.4. The molecule has 3 N–H and O–H groups in total. The maximum absolute atomic E-state index is 11.4. The molecule has 4 nitrogen and oxygen atoms in total. The molecule has 1 aromatic carbocycles. The van der Waals surface area contributed by atoms with Gasteiger partial charge in [-0.1, -0.05) is 12.1 Å². The van der Waals surface area contributed by atoms with Crippen LogP contribution in [-0.4, -0.2) is 18.6 Å². The van der Waals surface area contributed by atoms with Crippen molar-refractivity contribution in [2.45, 2.75) is 25.8 Å². The van der Waals surface area contributed by atoms with Gasteiger partial charge in [0.25, 0.3) is 5.91 Å². The Bertz CT molecular complexity index is 380. The zero-order valence-electron chi connectivity index (χ0n) is 9.32. The van der Waals surface area contributed by atoms with E-state index in [0.717, 1.165) is 18.4 Å². The second-order valence-corrected chi connectivity index (χ2v) is 4.12. The van der Waals surface area contributed by atoms with Crippen LogP contribution in [0.4, 0.5) is 5.69 Å². The van der Waals surface area contributed by atoms with Crippen LogP contribution in [0.5, 0.6) is 5.75 Å². The molecule has 4 heteroatoms. The van der Waals surface area contributed by atoms with Crippen LogP contribution in [0.15, 0.2) is 18.2 Å². The van der Waals surface area contributed by atoms with Gasteiger partial charge in [0.15, 0.2) is 6.61 Å². The monoisotopic (exact) mass is 220 g/mol. The molecule has 86 valence electrons. The Kier molecular flexibility index (Phi) is 2.99. The number of nitrogens with one attached hydrogen (secondary N) is 1. The van der Waals surface area contributed by atoms with Crippen LogP contribution in [0.2, 0.25) is 0 Å². The Balaban J connectivity index is 1.90. The van der Waals surface area contributed by atoms with Crippen LogP contribution >= 0.6 is 0 Å². The highest BCUT2D eigenvalue weighted by Crippen LogP contribution is 2.25. The van der Waals surface area contributed by atoms with Crippen LogP contribution in [0.25, 0.3) is 0 Å². The van der Waals surface area contributed by atoms with Gasteiger partial charge in [0.05, 0.1) is 5.69 Å². The van der Waals surface area contributed by atoms with Crippen molar-refractivity contribution in [2.24, 2.45) is 0 Å². The second kappa shape index (κ2) is 4.43. The summed E-state index contributed by atoms with van der Waals surface area (Å²) in [6, 6.07) is 5.90. The van der Waals surface area contributed by atoms with E-state index in [1.807, 2.05) is 19.1 Å². The average molecular weight is 220 g/mol. The lowest BCUT2D eigenvalue weighted by atomic mass is 10.2. The van der Waals surface area contributed by atoms with Crippen molar-refractivity contribution in [3.05, 3.63) is 23.8 Å². The number of carbonyl (C=O) groups is 1. The van der Waals surface area contributed by atoms with Crippen LogP contribution < -0.4 is 15.8 Å².